The molecule has 1 rings (SSSR count). The van der Waals surface area contributed by atoms with E-state index in [1.165, 1.54) is 0 Å². The average Bonchev–Trinajstić information content (AvgIpc) is 2.01. The molecule has 0 aliphatic carbocycles. The molecule has 0 aliphatic heterocycles. The molecule has 3 nitrogen and oxygen atoms in total. The first-order chi connectivity index (χ1) is 6.52. The van der Waals surface area contributed by atoms with Crippen LogP contribution in [0.2, 0.25) is 0 Å². The van der Waals surface area contributed by atoms with E-state index in [9.17, 15) is 5.11 Å². The highest BCUT2D eigenvalue weighted by Gasteiger charge is 2.11. The first-order valence-corrected chi connectivity index (χ1v) is 4.68. The Balaban J connectivity index is 3.08. The number of ether oxygens (including phenoxy) is 1. The van der Waals surface area contributed by atoms with Crippen molar-refractivity contribution in [3.63, 3.8) is 0 Å². The van der Waals surface area contributed by atoms with Crippen LogP contribution in [0.4, 0.5) is 5.69 Å². The molecule has 0 bridgehead atoms. The third-order valence-electron chi connectivity index (χ3n) is 1.79. The summed E-state index contributed by atoms with van der Waals surface area (Å²) in [6.45, 7) is 3.92. The van der Waals surface area contributed by atoms with Gasteiger partial charge in [-0.15, -0.1) is 0 Å². The number of para-hydroxylation sites is 1. The first kappa shape index (κ1) is 10.7. The fourth-order valence-corrected chi connectivity index (χ4v) is 1.31. The minimum absolute atomic E-state index is 0.107. The molecule has 14 heavy (non-hydrogen) atoms. The molecule has 78 valence electrons. The molecule has 0 heterocycles. The highest BCUT2D eigenvalue weighted by Crippen LogP contribution is 2.35. The molecular formula is C11H17NO2. The second-order valence-corrected chi connectivity index (χ2v) is 3.68. The molecule has 3 heteroatoms. The molecule has 0 amide bonds. The maximum Gasteiger partial charge on any atom is 0.146 e. The summed E-state index contributed by atoms with van der Waals surface area (Å²) in [5.74, 6) is 0.957. The molecule has 1 aromatic carbocycles. The Morgan fingerprint density at radius 3 is 2.43 bits per heavy atom. The lowest BCUT2D eigenvalue weighted by Gasteiger charge is -2.20. The average molecular weight is 195 g/mol. The fraction of sp³-hybridized carbons (Fsp3) is 0.455. The summed E-state index contributed by atoms with van der Waals surface area (Å²) in [4.78, 5) is 1.84. The van der Waals surface area contributed by atoms with E-state index in [0.29, 0.717) is 5.75 Å². The molecule has 0 fully saturated rings. The second-order valence-electron chi connectivity index (χ2n) is 3.68. The lowest BCUT2D eigenvalue weighted by Crippen LogP contribution is -2.13. The summed E-state index contributed by atoms with van der Waals surface area (Å²) < 4.78 is 5.59. The van der Waals surface area contributed by atoms with Gasteiger partial charge in [-0.1, -0.05) is 6.07 Å². The van der Waals surface area contributed by atoms with Gasteiger partial charge >= 0.3 is 0 Å². The molecule has 0 aliphatic rings. The number of phenols is 1. The Kier molecular flexibility index (Phi) is 3.23. The number of anilines is 1. The number of aromatic hydroxyl groups is 1. The summed E-state index contributed by atoms with van der Waals surface area (Å²) in [6, 6.07) is 5.29. The summed E-state index contributed by atoms with van der Waals surface area (Å²) in [7, 11) is 3.75. The summed E-state index contributed by atoms with van der Waals surface area (Å²) in [5.41, 5.74) is 0.723. The van der Waals surface area contributed by atoms with Crippen molar-refractivity contribution in [1.29, 1.82) is 0 Å². The van der Waals surface area contributed by atoms with Crippen LogP contribution in [0.15, 0.2) is 18.2 Å². The number of rotatable bonds is 3. The van der Waals surface area contributed by atoms with E-state index in [0.717, 1.165) is 5.69 Å². The van der Waals surface area contributed by atoms with E-state index in [2.05, 4.69) is 0 Å². The monoisotopic (exact) mass is 195 g/mol. The summed E-state index contributed by atoms with van der Waals surface area (Å²) >= 11 is 0. The normalized spacial score (nSPS) is 10.4. The Labute approximate surface area is 84.9 Å². The van der Waals surface area contributed by atoms with Crippen LogP contribution >= 0.6 is 0 Å². The Morgan fingerprint density at radius 1 is 1.29 bits per heavy atom. The van der Waals surface area contributed by atoms with E-state index < -0.39 is 0 Å². The van der Waals surface area contributed by atoms with Crippen molar-refractivity contribution in [3.05, 3.63) is 18.2 Å². The van der Waals surface area contributed by atoms with Crippen LogP contribution in [0, 0.1) is 0 Å². The minimum atomic E-state index is 0.107. The highest BCUT2D eigenvalue weighted by atomic mass is 16.5. The SMILES string of the molecule is CC(C)Oc1cccc(O)c1N(C)C. The zero-order chi connectivity index (χ0) is 10.7. The Bertz CT molecular complexity index is 308. The molecule has 1 aromatic rings. The molecule has 0 unspecified atom stereocenters. The molecule has 0 radical (unpaired) electrons. The van der Waals surface area contributed by atoms with Gasteiger partial charge in [0.2, 0.25) is 0 Å². The van der Waals surface area contributed by atoms with Crippen LogP contribution in [0.1, 0.15) is 13.8 Å². The van der Waals surface area contributed by atoms with Gasteiger partial charge in [0.25, 0.3) is 0 Å². The molecule has 1 N–H and O–H groups in total. The van der Waals surface area contributed by atoms with Gasteiger partial charge in [-0.05, 0) is 26.0 Å². The van der Waals surface area contributed by atoms with Gasteiger partial charge in [-0.3, -0.25) is 0 Å². The maximum absolute atomic E-state index is 9.65. The molecular weight excluding hydrogens is 178 g/mol. The zero-order valence-corrected chi connectivity index (χ0v) is 9.11. The largest absolute Gasteiger partial charge is 0.506 e. The maximum atomic E-state index is 9.65. The molecule has 0 saturated carbocycles. The number of benzene rings is 1. The smallest absolute Gasteiger partial charge is 0.146 e. The van der Waals surface area contributed by atoms with Gasteiger partial charge in [0.1, 0.15) is 17.2 Å². The predicted octanol–water partition coefficient (Wildman–Crippen LogP) is 2.25. The van der Waals surface area contributed by atoms with Gasteiger partial charge in [-0.25, -0.2) is 0 Å². The van der Waals surface area contributed by atoms with Crippen molar-refractivity contribution in [2.24, 2.45) is 0 Å². The second kappa shape index (κ2) is 4.22. The van der Waals surface area contributed by atoms with Crippen molar-refractivity contribution in [3.8, 4) is 11.5 Å². The third-order valence-corrected chi connectivity index (χ3v) is 1.79. The lowest BCUT2D eigenvalue weighted by atomic mass is 10.2. The standard InChI is InChI=1S/C11H17NO2/c1-8(2)14-10-7-5-6-9(13)11(10)12(3)4/h5-8,13H,1-4H3. The van der Waals surface area contributed by atoms with Gasteiger partial charge < -0.3 is 14.7 Å². The van der Waals surface area contributed by atoms with E-state index in [4.69, 9.17) is 4.74 Å². The fourth-order valence-electron chi connectivity index (χ4n) is 1.31. The molecule has 0 saturated heterocycles. The van der Waals surface area contributed by atoms with Gasteiger partial charge in [0, 0.05) is 14.1 Å². The van der Waals surface area contributed by atoms with Crippen LogP contribution in [0.3, 0.4) is 0 Å². The van der Waals surface area contributed by atoms with Crippen LogP contribution in [0.25, 0.3) is 0 Å². The van der Waals surface area contributed by atoms with Gasteiger partial charge in [0.05, 0.1) is 6.10 Å². The predicted molar refractivity (Wildman–Crippen MR) is 58.2 cm³/mol. The topological polar surface area (TPSA) is 32.7 Å². The van der Waals surface area contributed by atoms with Crippen molar-refractivity contribution >= 4 is 5.69 Å². The van der Waals surface area contributed by atoms with E-state index in [1.807, 2.05) is 38.9 Å². The van der Waals surface area contributed by atoms with Crippen molar-refractivity contribution < 1.29 is 9.84 Å². The van der Waals surface area contributed by atoms with Crippen molar-refractivity contribution in [1.82, 2.24) is 0 Å². The quantitative estimate of drug-likeness (QED) is 0.803. The van der Waals surface area contributed by atoms with Gasteiger partial charge in [-0.2, -0.15) is 0 Å². The Morgan fingerprint density at radius 2 is 1.93 bits per heavy atom. The number of hydrogen-bond acceptors (Lipinski definition) is 3. The number of phenolic OH excluding ortho intramolecular Hbond substituents is 1. The lowest BCUT2D eigenvalue weighted by molar-refractivity contribution is 0.242. The molecule has 0 spiro atoms. The minimum Gasteiger partial charge on any atom is -0.506 e. The molecule has 0 aromatic heterocycles. The van der Waals surface area contributed by atoms with Crippen LogP contribution < -0.4 is 9.64 Å². The van der Waals surface area contributed by atoms with Gasteiger partial charge in [0.15, 0.2) is 0 Å². The molecule has 0 atom stereocenters. The Hall–Kier alpha value is -1.38. The van der Waals surface area contributed by atoms with Crippen molar-refractivity contribution in [2.75, 3.05) is 19.0 Å². The van der Waals surface area contributed by atoms with Crippen molar-refractivity contribution in [2.45, 2.75) is 20.0 Å². The van der Waals surface area contributed by atoms with Crippen LogP contribution in [-0.2, 0) is 0 Å². The van der Waals surface area contributed by atoms with Crippen LogP contribution in [-0.4, -0.2) is 25.3 Å². The summed E-state index contributed by atoms with van der Waals surface area (Å²) in [6.07, 6.45) is 0.107. The van der Waals surface area contributed by atoms with Crippen LogP contribution in [0.5, 0.6) is 11.5 Å². The van der Waals surface area contributed by atoms with E-state index >= 15 is 0 Å². The third kappa shape index (κ3) is 2.31. The highest BCUT2D eigenvalue weighted by molar-refractivity contribution is 5.66. The first-order valence-electron chi connectivity index (χ1n) is 4.68. The zero-order valence-electron chi connectivity index (χ0n) is 9.11. The van der Waals surface area contributed by atoms with E-state index in [-0.39, 0.29) is 11.9 Å². The number of hydrogen-bond donors (Lipinski definition) is 1. The van der Waals surface area contributed by atoms with E-state index in [1.54, 1.807) is 12.1 Å². The summed E-state index contributed by atoms with van der Waals surface area (Å²) in [5, 5.41) is 9.65. The number of nitrogens with zero attached hydrogens (tertiary/aromatic N) is 1.